The zero-order valence-corrected chi connectivity index (χ0v) is 12.4. The van der Waals surface area contributed by atoms with Gasteiger partial charge in [-0.1, -0.05) is 13.3 Å². The van der Waals surface area contributed by atoms with E-state index in [0.29, 0.717) is 11.3 Å². The number of carbonyl (C=O) groups excluding carboxylic acids is 1. The molecule has 7 heteroatoms. The number of halogens is 2. The van der Waals surface area contributed by atoms with E-state index in [2.05, 4.69) is 5.32 Å². The summed E-state index contributed by atoms with van der Waals surface area (Å²) < 4.78 is 25.7. The Hall–Kier alpha value is -1.63. The Bertz CT molecular complexity index is 511. The lowest BCUT2D eigenvalue weighted by atomic mass is 10.0. The summed E-state index contributed by atoms with van der Waals surface area (Å²) in [6.45, 7) is 1.94. The van der Waals surface area contributed by atoms with Gasteiger partial charge >= 0.3 is 5.97 Å². The fraction of sp³-hybridized carbons (Fsp3) is 0.429. The SMILES string of the molecule is CCCC(CNC(=O)CSc1ccc(F)c(F)c1)C(=O)O. The van der Waals surface area contributed by atoms with Crippen LogP contribution in [0.2, 0.25) is 0 Å². The van der Waals surface area contributed by atoms with Crippen LogP contribution in [0.5, 0.6) is 0 Å². The Labute approximate surface area is 125 Å². The minimum atomic E-state index is -0.964. The first-order valence-electron chi connectivity index (χ1n) is 6.51. The number of nitrogens with one attached hydrogen (secondary N) is 1. The number of carbonyl (C=O) groups is 2. The number of carboxylic acid groups (broad SMARTS) is 1. The van der Waals surface area contributed by atoms with E-state index in [-0.39, 0.29) is 18.2 Å². The summed E-state index contributed by atoms with van der Waals surface area (Å²) in [5.74, 6) is -3.77. The number of amides is 1. The zero-order chi connectivity index (χ0) is 15.8. The molecular formula is C14H17F2NO3S. The Morgan fingerprint density at radius 2 is 2.05 bits per heavy atom. The maximum Gasteiger partial charge on any atom is 0.308 e. The molecule has 0 fully saturated rings. The topological polar surface area (TPSA) is 66.4 Å². The number of benzene rings is 1. The Morgan fingerprint density at radius 3 is 2.62 bits per heavy atom. The van der Waals surface area contributed by atoms with E-state index < -0.39 is 23.5 Å². The lowest BCUT2D eigenvalue weighted by Crippen LogP contribution is -2.33. The van der Waals surface area contributed by atoms with E-state index in [1.807, 2.05) is 6.92 Å². The molecule has 0 aliphatic heterocycles. The maximum atomic E-state index is 13.0. The second-order valence-corrected chi connectivity index (χ2v) is 5.54. The van der Waals surface area contributed by atoms with Crippen LogP contribution in [-0.2, 0) is 9.59 Å². The molecule has 1 aromatic carbocycles. The van der Waals surface area contributed by atoms with Crippen molar-refractivity contribution >= 4 is 23.6 Å². The fourth-order valence-electron chi connectivity index (χ4n) is 1.66. The number of thioether (sulfide) groups is 1. The van der Waals surface area contributed by atoms with Crippen molar-refractivity contribution in [2.45, 2.75) is 24.7 Å². The van der Waals surface area contributed by atoms with Crippen molar-refractivity contribution in [2.24, 2.45) is 5.92 Å². The predicted octanol–water partition coefficient (Wildman–Crippen LogP) is 2.67. The molecule has 0 aromatic heterocycles. The molecule has 21 heavy (non-hydrogen) atoms. The van der Waals surface area contributed by atoms with Crippen molar-refractivity contribution in [3.8, 4) is 0 Å². The Morgan fingerprint density at radius 1 is 1.33 bits per heavy atom. The minimum absolute atomic E-state index is 0.0174. The van der Waals surface area contributed by atoms with E-state index in [9.17, 15) is 18.4 Å². The molecule has 0 heterocycles. The molecule has 1 unspecified atom stereocenters. The van der Waals surface area contributed by atoms with Crippen LogP contribution >= 0.6 is 11.8 Å². The largest absolute Gasteiger partial charge is 0.481 e. The summed E-state index contributed by atoms with van der Waals surface area (Å²) in [6, 6.07) is 3.40. The second kappa shape index (κ2) is 8.61. The molecule has 0 radical (unpaired) electrons. The number of hydrogen-bond acceptors (Lipinski definition) is 3. The van der Waals surface area contributed by atoms with E-state index >= 15 is 0 Å². The van der Waals surface area contributed by atoms with Crippen molar-refractivity contribution in [3.05, 3.63) is 29.8 Å². The van der Waals surface area contributed by atoms with Gasteiger partial charge in [0.25, 0.3) is 0 Å². The molecule has 0 spiro atoms. The summed E-state index contributed by atoms with van der Waals surface area (Å²) in [5.41, 5.74) is 0. The van der Waals surface area contributed by atoms with E-state index in [1.165, 1.54) is 6.07 Å². The van der Waals surface area contributed by atoms with Gasteiger partial charge in [0.15, 0.2) is 11.6 Å². The summed E-state index contributed by atoms with van der Waals surface area (Å²) in [7, 11) is 0. The molecule has 1 rings (SSSR count). The van der Waals surface area contributed by atoms with Gasteiger partial charge in [-0.2, -0.15) is 0 Å². The van der Waals surface area contributed by atoms with Gasteiger partial charge in [-0.15, -0.1) is 11.8 Å². The van der Waals surface area contributed by atoms with Crippen LogP contribution in [-0.4, -0.2) is 29.3 Å². The zero-order valence-electron chi connectivity index (χ0n) is 11.6. The van der Waals surface area contributed by atoms with Crippen molar-refractivity contribution in [2.75, 3.05) is 12.3 Å². The molecule has 0 aliphatic carbocycles. The molecular weight excluding hydrogens is 300 g/mol. The molecule has 4 nitrogen and oxygen atoms in total. The normalized spacial score (nSPS) is 12.0. The molecule has 116 valence electrons. The fourth-order valence-corrected chi connectivity index (χ4v) is 2.42. The van der Waals surface area contributed by atoms with Crippen LogP contribution in [0.4, 0.5) is 8.78 Å². The molecule has 0 bridgehead atoms. The van der Waals surface area contributed by atoms with E-state index in [4.69, 9.17) is 5.11 Å². The Balaban J connectivity index is 2.39. The molecule has 1 atom stereocenters. The van der Waals surface area contributed by atoms with Gasteiger partial charge < -0.3 is 10.4 Å². The van der Waals surface area contributed by atoms with Crippen LogP contribution in [0.3, 0.4) is 0 Å². The van der Waals surface area contributed by atoms with Gasteiger partial charge in [-0.3, -0.25) is 9.59 Å². The average Bonchev–Trinajstić information content (AvgIpc) is 2.44. The second-order valence-electron chi connectivity index (χ2n) is 4.49. The Kier molecular flexibility index (Phi) is 7.14. The van der Waals surface area contributed by atoms with Gasteiger partial charge in [0, 0.05) is 11.4 Å². The van der Waals surface area contributed by atoms with Crippen molar-refractivity contribution in [1.82, 2.24) is 5.32 Å². The summed E-state index contributed by atoms with van der Waals surface area (Å²) in [4.78, 5) is 23.0. The molecule has 0 saturated carbocycles. The summed E-state index contributed by atoms with van der Waals surface area (Å²) in [6.07, 6.45) is 1.21. The number of hydrogen-bond donors (Lipinski definition) is 2. The minimum Gasteiger partial charge on any atom is -0.481 e. The average molecular weight is 317 g/mol. The molecule has 0 aliphatic rings. The van der Waals surface area contributed by atoms with Crippen LogP contribution in [0.25, 0.3) is 0 Å². The highest BCUT2D eigenvalue weighted by Crippen LogP contribution is 2.20. The highest BCUT2D eigenvalue weighted by molar-refractivity contribution is 8.00. The predicted molar refractivity (Wildman–Crippen MR) is 76.1 cm³/mol. The third kappa shape index (κ3) is 6.12. The molecule has 0 saturated heterocycles. The summed E-state index contributed by atoms with van der Waals surface area (Å²) >= 11 is 1.06. The van der Waals surface area contributed by atoms with Gasteiger partial charge in [0.2, 0.25) is 5.91 Å². The lowest BCUT2D eigenvalue weighted by molar-refractivity contribution is -0.141. The van der Waals surface area contributed by atoms with Gasteiger partial charge in [-0.05, 0) is 24.6 Å². The highest BCUT2D eigenvalue weighted by Gasteiger charge is 2.17. The lowest BCUT2D eigenvalue weighted by Gasteiger charge is -2.12. The first-order chi connectivity index (χ1) is 9.93. The van der Waals surface area contributed by atoms with E-state index in [0.717, 1.165) is 30.3 Å². The standard InChI is InChI=1S/C14H17F2NO3S/c1-2-3-9(14(19)20)7-17-13(18)8-21-10-4-5-11(15)12(16)6-10/h4-6,9H,2-3,7-8H2,1H3,(H,17,18)(H,19,20). The van der Waals surface area contributed by atoms with Crippen LogP contribution < -0.4 is 5.32 Å². The summed E-state index contributed by atoms with van der Waals surface area (Å²) in [5, 5.41) is 11.5. The maximum absolute atomic E-state index is 13.0. The quantitative estimate of drug-likeness (QED) is 0.724. The van der Waals surface area contributed by atoms with Crippen LogP contribution in [0, 0.1) is 17.6 Å². The highest BCUT2D eigenvalue weighted by atomic mass is 32.2. The molecule has 1 aromatic rings. The van der Waals surface area contributed by atoms with Crippen molar-refractivity contribution in [3.63, 3.8) is 0 Å². The van der Waals surface area contributed by atoms with Crippen molar-refractivity contribution < 1.29 is 23.5 Å². The number of rotatable bonds is 8. The van der Waals surface area contributed by atoms with Gasteiger partial charge in [0.05, 0.1) is 11.7 Å². The molecule has 1 amide bonds. The van der Waals surface area contributed by atoms with Crippen LogP contribution in [0.15, 0.2) is 23.1 Å². The third-order valence-corrected chi connectivity index (χ3v) is 3.79. The first-order valence-corrected chi connectivity index (χ1v) is 7.50. The van der Waals surface area contributed by atoms with Gasteiger partial charge in [-0.25, -0.2) is 8.78 Å². The van der Waals surface area contributed by atoms with Crippen LogP contribution in [0.1, 0.15) is 19.8 Å². The van der Waals surface area contributed by atoms with E-state index in [1.54, 1.807) is 0 Å². The van der Waals surface area contributed by atoms with Gasteiger partial charge in [0.1, 0.15) is 0 Å². The van der Waals surface area contributed by atoms with Crippen molar-refractivity contribution in [1.29, 1.82) is 0 Å². The smallest absolute Gasteiger partial charge is 0.308 e. The third-order valence-electron chi connectivity index (χ3n) is 2.79. The first kappa shape index (κ1) is 17.4. The number of carboxylic acids is 1. The monoisotopic (exact) mass is 317 g/mol. The number of aliphatic carboxylic acids is 1. The molecule has 2 N–H and O–H groups in total.